The summed E-state index contributed by atoms with van der Waals surface area (Å²) in [5.41, 5.74) is 1.79. The maximum absolute atomic E-state index is 13.6. The van der Waals surface area contributed by atoms with Crippen LogP contribution in [0.3, 0.4) is 0 Å². The van der Waals surface area contributed by atoms with E-state index < -0.39 is 6.04 Å². The molecule has 2 fully saturated rings. The molecular weight excluding hydrogens is 442 g/mol. The smallest absolute Gasteiger partial charge is 0.315 e. The number of piperazine rings is 1. The van der Waals surface area contributed by atoms with Crippen LogP contribution in [0.2, 0.25) is 0 Å². The predicted molar refractivity (Wildman–Crippen MR) is 135 cm³/mol. The van der Waals surface area contributed by atoms with Crippen molar-refractivity contribution >= 4 is 17.8 Å². The van der Waals surface area contributed by atoms with Gasteiger partial charge in [0.2, 0.25) is 5.91 Å². The van der Waals surface area contributed by atoms with Crippen LogP contribution in [0, 0.1) is 0 Å². The molecule has 35 heavy (non-hydrogen) atoms. The topological polar surface area (TPSA) is 93.8 Å². The van der Waals surface area contributed by atoms with Gasteiger partial charge in [-0.2, -0.15) is 0 Å². The quantitative estimate of drug-likeness (QED) is 0.542. The molecule has 4 rings (SSSR count). The number of carbonyl (C=O) groups excluding carboxylic acids is 3. The molecule has 2 heterocycles. The Morgan fingerprint density at radius 1 is 1.00 bits per heavy atom. The zero-order valence-electron chi connectivity index (χ0n) is 20.4. The SMILES string of the molecule is CC(C)NC(=O)N[C@H]1C[C@H]2CN(CCc3ccccc3)[C@@H](CNC(=O)c3ccccc3)C(=O)N2C1. The fourth-order valence-corrected chi connectivity index (χ4v) is 4.96. The van der Waals surface area contributed by atoms with E-state index in [9.17, 15) is 14.4 Å². The van der Waals surface area contributed by atoms with Gasteiger partial charge in [0, 0.05) is 43.8 Å². The average molecular weight is 478 g/mol. The number of nitrogens with zero attached hydrogens (tertiary/aromatic N) is 2. The van der Waals surface area contributed by atoms with E-state index in [0.717, 1.165) is 19.4 Å². The number of hydrogen-bond donors (Lipinski definition) is 3. The first-order chi connectivity index (χ1) is 16.9. The summed E-state index contributed by atoms with van der Waals surface area (Å²) in [6.45, 7) is 6.01. The number of carbonyl (C=O) groups is 3. The van der Waals surface area contributed by atoms with E-state index in [1.807, 2.05) is 55.1 Å². The van der Waals surface area contributed by atoms with E-state index in [1.165, 1.54) is 5.56 Å². The Labute approximate surface area is 207 Å². The second kappa shape index (κ2) is 11.4. The van der Waals surface area contributed by atoms with Gasteiger partial charge < -0.3 is 20.9 Å². The minimum atomic E-state index is -0.439. The Balaban J connectivity index is 1.44. The molecule has 3 N–H and O–H groups in total. The zero-order chi connectivity index (χ0) is 24.8. The summed E-state index contributed by atoms with van der Waals surface area (Å²) in [5.74, 6) is -0.175. The molecule has 0 aromatic heterocycles. The highest BCUT2D eigenvalue weighted by atomic mass is 16.2. The monoisotopic (exact) mass is 477 g/mol. The number of benzene rings is 2. The Bertz CT molecular complexity index is 1010. The standard InChI is InChI=1S/C27H35N5O3/c1-19(2)29-27(35)30-22-15-23-18-31(14-13-20-9-5-3-6-10-20)24(26(34)32(23)17-22)16-28-25(33)21-11-7-4-8-12-21/h3-12,19,22-24H,13-18H2,1-2H3,(H,28,33)(H2,29,30,35)/t22-,23-,24-/m0/s1. The summed E-state index contributed by atoms with van der Waals surface area (Å²) in [5, 5.41) is 8.83. The van der Waals surface area contributed by atoms with Crippen molar-refractivity contribution in [1.82, 2.24) is 25.8 Å². The Morgan fingerprint density at radius 2 is 1.69 bits per heavy atom. The molecule has 0 aliphatic carbocycles. The van der Waals surface area contributed by atoms with Crippen LogP contribution < -0.4 is 16.0 Å². The molecule has 2 saturated heterocycles. The van der Waals surface area contributed by atoms with Gasteiger partial charge in [-0.3, -0.25) is 14.5 Å². The number of hydrogen-bond acceptors (Lipinski definition) is 4. The van der Waals surface area contributed by atoms with Gasteiger partial charge in [-0.25, -0.2) is 4.79 Å². The van der Waals surface area contributed by atoms with E-state index in [1.54, 1.807) is 12.1 Å². The average Bonchev–Trinajstić information content (AvgIpc) is 3.25. The highest BCUT2D eigenvalue weighted by Gasteiger charge is 2.45. The third-order valence-electron chi connectivity index (χ3n) is 6.65. The van der Waals surface area contributed by atoms with Gasteiger partial charge in [-0.1, -0.05) is 48.5 Å². The van der Waals surface area contributed by atoms with Crippen molar-refractivity contribution in [1.29, 1.82) is 0 Å². The molecule has 0 saturated carbocycles. The zero-order valence-corrected chi connectivity index (χ0v) is 20.4. The number of urea groups is 1. The van der Waals surface area contributed by atoms with E-state index in [0.29, 0.717) is 18.7 Å². The second-order valence-corrected chi connectivity index (χ2v) is 9.67. The lowest BCUT2D eigenvalue weighted by molar-refractivity contribution is -0.143. The highest BCUT2D eigenvalue weighted by Crippen LogP contribution is 2.26. The van der Waals surface area contributed by atoms with Crippen molar-refractivity contribution < 1.29 is 14.4 Å². The third-order valence-corrected chi connectivity index (χ3v) is 6.65. The van der Waals surface area contributed by atoms with E-state index in [2.05, 4.69) is 33.0 Å². The van der Waals surface area contributed by atoms with Crippen molar-refractivity contribution in [3.05, 3.63) is 71.8 Å². The molecule has 2 aliphatic rings. The lowest BCUT2D eigenvalue weighted by atomic mass is 10.0. The fourth-order valence-electron chi connectivity index (χ4n) is 4.96. The normalized spacial score (nSPS) is 22.1. The van der Waals surface area contributed by atoms with Crippen molar-refractivity contribution in [2.75, 3.05) is 26.2 Å². The lowest BCUT2D eigenvalue weighted by Gasteiger charge is -2.42. The van der Waals surface area contributed by atoms with E-state index in [4.69, 9.17) is 0 Å². The molecule has 8 heteroatoms. The van der Waals surface area contributed by atoms with Crippen LogP contribution in [0.5, 0.6) is 0 Å². The number of fused-ring (bicyclic) bond motifs is 1. The van der Waals surface area contributed by atoms with Crippen molar-refractivity contribution in [2.24, 2.45) is 0 Å². The van der Waals surface area contributed by atoms with Crippen molar-refractivity contribution in [2.45, 2.75) is 50.9 Å². The Morgan fingerprint density at radius 3 is 2.37 bits per heavy atom. The summed E-state index contributed by atoms with van der Waals surface area (Å²) in [6.07, 6.45) is 1.55. The van der Waals surface area contributed by atoms with Crippen LogP contribution in [0.1, 0.15) is 36.2 Å². The van der Waals surface area contributed by atoms with E-state index >= 15 is 0 Å². The molecular formula is C27H35N5O3. The molecule has 3 atom stereocenters. The van der Waals surface area contributed by atoms with Crippen LogP contribution in [0.25, 0.3) is 0 Å². The van der Waals surface area contributed by atoms with Crippen LogP contribution in [-0.4, -0.2) is 78.0 Å². The molecule has 0 spiro atoms. The fraction of sp³-hybridized carbons (Fsp3) is 0.444. The summed E-state index contributed by atoms with van der Waals surface area (Å²) < 4.78 is 0. The van der Waals surface area contributed by atoms with Crippen LogP contribution >= 0.6 is 0 Å². The molecule has 2 aromatic rings. The lowest BCUT2D eigenvalue weighted by Crippen LogP contribution is -2.62. The minimum absolute atomic E-state index is 0.0104. The molecule has 8 nitrogen and oxygen atoms in total. The largest absolute Gasteiger partial charge is 0.350 e. The first-order valence-electron chi connectivity index (χ1n) is 12.4. The maximum Gasteiger partial charge on any atom is 0.315 e. The highest BCUT2D eigenvalue weighted by molar-refractivity contribution is 5.94. The van der Waals surface area contributed by atoms with E-state index in [-0.39, 0.29) is 42.5 Å². The molecule has 0 bridgehead atoms. The molecule has 0 unspecified atom stereocenters. The van der Waals surface area contributed by atoms with Gasteiger partial charge in [0.15, 0.2) is 0 Å². The molecule has 2 aliphatic heterocycles. The Hall–Kier alpha value is -3.39. The summed E-state index contributed by atoms with van der Waals surface area (Å²) >= 11 is 0. The molecule has 2 aromatic carbocycles. The van der Waals surface area contributed by atoms with Gasteiger partial charge in [-0.15, -0.1) is 0 Å². The van der Waals surface area contributed by atoms with Gasteiger partial charge in [0.25, 0.3) is 5.91 Å². The third kappa shape index (κ3) is 6.39. The van der Waals surface area contributed by atoms with Crippen LogP contribution in [-0.2, 0) is 11.2 Å². The molecule has 4 amide bonds. The van der Waals surface area contributed by atoms with Crippen LogP contribution in [0.4, 0.5) is 4.79 Å². The minimum Gasteiger partial charge on any atom is -0.350 e. The van der Waals surface area contributed by atoms with Gasteiger partial charge >= 0.3 is 6.03 Å². The Kier molecular flexibility index (Phi) is 8.02. The number of nitrogens with one attached hydrogen (secondary N) is 3. The molecule has 186 valence electrons. The van der Waals surface area contributed by atoms with Crippen molar-refractivity contribution in [3.8, 4) is 0 Å². The maximum atomic E-state index is 13.6. The van der Waals surface area contributed by atoms with Crippen molar-refractivity contribution in [3.63, 3.8) is 0 Å². The number of amides is 4. The first-order valence-corrected chi connectivity index (χ1v) is 12.4. The second-order valence-electron chi connectivity index (χ2n) is 9.67. The summed E-state index contributed by atoms with van der Waals surface area (Å²) in [7, 11) is 0. The van der Waals surface area contributed by atoms with Gasteiger partial charge in [-0.05, 0) is 44.4 Å². The van der Waals surface area contributed by atoms with Crippen LogP contribution in [0.15, 0.2) is 60.7 Å². The van der Waals surface area contributed by atoms with Gasteiger partial charge in [0.1, 0.15) is 6.04 Å². The number of rotatable bonds is 8. The summed E-state index contributed by atoms with van der Waals surface area (Å²) in [4.78, 5) is 42.5. The first kappa shape index (κ1) is 24.7. The predicted octanol–water partition coefficient (Wildman–Crippen LogP) is 2.02. The summed E-state index contributed by atoms with van der Waals surface area (Å²) in [6, 6.07) is 18.6. The molecule has 0 radical (unpaired) electrons. The van der Waals surface area contributed by atoms with Gasteiger partial charge in [0.05, 0.1) is 6.04 Å².